The van der Waals surface area contributed by atoms with E-state index >= 15 is 0 Å². The number of nitrogens with one attached hydrogen (secondary N) is 1. The summed E-state index contributed by atoms with van der Waals surface area (Å²) >= 11 is 3.46. The molecule has 0 radical (unpaired) electrons. The van der Waals surface area contributed by atoms with Gasteiger partial charge >= 0.3 is 0 Å². The highest BCUT2D eigenvalue weighted by Gasteiger charge is 2.11. The third-order valence-corrected chi connectivity index (χ3v) is 2.99. The molecule has 1 unspecified atom stereocenters. The fourth-order valence-corrected chi connectivity index (χ4v) is 1.98. The second-order valence-corrected chi connectivity index (χ2v) is 4.72. The summed E-state index contributed by atoms with van der Waals surface area (Å²) in [7, 11) is 1.67. The van der Waals surface area contributed by atoms with Crippen molar-refractivity contribution in [1.82, 2.24) is 5.32 Å². The van der Waals surface area contributed by atoms with Crippen LogP contribution in [0.1, 0.15) is 25.5 Å². The lowest BCUT2D eigenvalue weighted by Gasteiger charge is -2.18. The predicted molar refractivity (Wildman–Crippen MR) is 73.6 cm³/mol. The molecule has 4 heteroatoms. The third-order valence-electron chi connectivity index (χ3n) is 2.50. The molecule has 1 atom stereocenters. The molecule has 0 fully saturated rings. The van der Waals surface area contributed by atoms with Crippen molar-refractivity contribution in [3.63, 3.8) is 0 Å². The van der Waals surface area contributed by atoms with Gasteiger partial charge < -0.3 is 14.8 Å². The summed E-state index contributed by atoms with van der Waals surface area (Å²) in [4.78, 5) is 0. The number of benzene rings is 1. The molecule has 0 saturated heterocycles. The van der Waals surface area contributed by atoms with E-state index in [2.05, 4.69) is 41.2 Å². The van der Waals surface area contributed by atoms with Crippen LogP contribution in [0.3, 0.4) is 0 Å². The van der Waals surface area contributed by atoms with Gasteiger partial charge in [-0.05, 0) is 25.6 Å². The van der Waals surface area contributed by atoms with Crippen molar-refractivity contribution in [3.8, 4) is 5.75 Å². The van der Waals surface area contributed by atoms with Crippen LogP contribution in [-0.4, -0.2) is 26.9 Å². The predicted octanol–water partition coefficient (Wildman–Crippen LogP) is 3.14. The minimum atomic E-state index is 0.283. The van der Waals surface area contributed by atoms with Crippen molar-refractivity contribution in [1.29, 1.82) is 0 Å². The number of methoxy groups -OCH3 is 1. The largest absolute Gasteiger partial charge is 0.491 e. The Bertz CT molecular complexity index is 344. The highest BCUT2D eigenvalue weighted by molar-refractivity contribution is 9.10. The first-order chi connectivity index (χ1) is 8.19. The molecule has 0 saturated carbocycles. The van der Waals surface area contributed by atoms with Crippen LogP contribution in [-0.2, 0) is 4.74 Å². The zero-order valence-corrected chi connectivity index (χ0v) is 12.2. The number of hydrogen-bond donors (Lipinski definition) is 1. The third kappa shape index (κ3) is 4.66. The Hall–Kier alpha value is -0.580. The van der Waals surface area contributed by atoms with Crippen LogP contribution < -0.4 is 10.1 Å². The maximum atomic E-state index is 5.73. The molecule has 1 N–H and O–H groups in total. The summed E-state index contributed by atoms with van der Waals surface area (Å²) in [5.74, 6) is 0.907. The average Bonchev–Trinajstić information content (AvgIpc) is 2.30. The number of hydrogen-bond acceptors (Lipinski definition) is 3. The summed E-state index contributed by atoms with van der Waals surface area (Å²) in [5, 5.41) is 3.39. The summed E-state index contributed by atoms with van der Waals surface area (Å²) in [6.45, 7) is 6.34. The van der Waals surface area contributed by atoms with Gasteiger partial charge in [0.25, 0.3) is 0 Å². The molecule has 0 aliphatic heterocycles. The van der Waals surface area contributed by atoms with Crippen LogP contribution in [0.25, 0.3) is 0 Å². The SMILES string of the molecule is CCNC(C)c1ccc(Br)cc1OCCOC. The van der Waals surface area contributed by atoms with Crippen molar-refractivity contribution in [2.75, 3.05) is 26.9 Å². The van der Waals surface area contributed by atoms with Gasteiger partial charge in [0.2, 0.25) is 0 Å². The highest BCUT2D eigenvalue weighted by Crippen LogP contribution is 2.28. The Morgan fingerprint density at radius 1 is 1.35 bits per heavy atom. The summed E-state index contributed by atoms with van der Waals surface area (Å²) < 4.78 is 11.7. The zero-order chi connectivity index (χ0) is 12.7. The maximum absolute atomic E-state index is 5.73. The van der Waals surface area contributed by atoms with Gasteiger partial charge in [-0.1, -0.05) is 28.9 Å². The second-order valence-electron chi connectivity index (χ2n) is 3.80. The fourth-order valence-electron chi connectivity index (χ4n) is 1.64. The van der Waals surface area contributed by atoms with Gasteiger partial charge in [-0.2, -0.15) is 0 Å². The monoisotopic (exact) mass is 301 g/mol. The Morgan fingerprint density at radius 2 is 2.12 bits per heavy atom. The summed E-state index contributed by atoms with van der Waals surface area (Å²) in [5.41, 5.74) is 1.17. The molecule has 0 aromatic heterocycles. The summed E-state index contributed by atoms with van der Waals surface area (Å²) in [6, 6.07) is 6.40. The molecule has 3 nitrogen and oxygen atoms in total. The van der Waals surface area contributed by atoms with Gasteiger partial charge in [-0.25, -0.2) is 0 Å². The van der Waals surface area contributed by atoms with Crippen molar-refractivity contribution in [2.45, 2.75) is 19.9 Å². The fraction of sp³-hybridized carbons (Fsp3) is 0.538. The minimum absolute atomic E-state index is 0.283. The molecule has 0 amide bonds. The quantitative estimate of drug-likeness (QED) is 0.785. The van der Waals surface area contributed by atoms with E-state index in [0.717, 1.165) is 16.8 Å². The first-order valence-corrected chi connectivity index (χ1v) is 6.63. The molecular weight excluding hydrogens is 282 g/mol. The van der Waals surface area contributed by atoms with Crippen molar-refractivity contribution >= 4 is 15.9 Å². The van der Waals surface area contributed by atoms with Crippen LogP contribution in [0.4, 0.5) is 0 Å². The Kier molecular flexibility index (Phi) is 6.55. The van der Waals surface area contributed by atoms with Crippen LogP contribution in [0.5, 0.6) is 5.75 Å². The molecule has 96 valence electrons. The Morgan fingerprint density at radius 3 is 2.76 bits per heavy atom. The van der Waals surface area contributed by atoms with E-state index in [1.807, 2.05) is 12.1 Å². The first-order valence-electron chi connectivity index (χ1n) is 5.83. The van der Waals surface area contributed by atoms with Crippen LogP contribution in [0.15, 0.2) is 22.7 Å². The zero-order valence-electron chi connectivity index (χ0n) is 10.6. The van der Waals surface area contributed by atoms with Crippen LogP contribution >= 0.6 is 15.9 Å². The van der Waals surface area contributed by atoms with Crippen molar-refractivity contribution in [2.24, 2.45) is 0 Å². The second kappa shape index (κ2) is 7.69. The first kappa shape index (κ1) is 14.5. The van der Waals surface area contributed by atoms with E-state index in [9.17, 15) is 0 Å². The normalized spacial score (nSPS) is 12.5. The molecule has 0 bridgehead atoms. The minimum Gasteiger partial charge on any atom is -0.491 e. The lowest BCUT2D eigenvalue weighted by atomic mass is 10.1. The van der Waals surface area contributed by atoms with Crippen molar-refractivity contribution < 1.29 is 9.47 Å². The van der Waals surface area contributed by atoms with Gasteiger partial charge in [0.05, 0.1) is 6.61 Å². The maximum Gasteiger partial charge on any atom is 0.125 e. The Labute approximate surface area is 112 Å². The molecule has 17 heavy (non-hydrogen) atoms. The number of halogens is 1. The van der Waals surface area contributed by atoms with Crippen LogP contribution in [0.2, 0.25) is 0 Å². The molecule has 1 aromatic rings. The van der Waals surface area contributed by atoms with Gasteiger partial charge in [-0.3, -0.25) is 0 Å². The molecule has 1 aromatic carbocycles. The molecule has 0 aliphatic rings. The highest BCUT2D eigenvalue weighted by atomic mass is 79.9. The molecular formula is C13H20BrNO2. The summed E-state index contributed by atoms with van der Waals surface area (Å²) in [6.07, 6.45) is 0. The molecule has 0 heterocycles. The molecule has 1 rings (SSSR count). The standard InChI is InChI=1S/C13H20BrNO2/c1-4-15-10(2)12-6-5-11(14)9-13(12)17-8-7-16-3/h5-6,9-10,15H,4,7-8H2,1-3H3. The molecule has 0 aliphatic carbocycles. The van der Waals surface area contributed by atoms with Gasteiger partial charge in [0.1, 0.15) is 12.4 Å². The van der Waals surface area contributed by atoms with E-state index in [1.165, 1.54) is 5.56 Å². The topological polar surface area (TPSA) is 30.5 Å². The van der Waals surface area contributed by atoms with Crippen molar-refractivity contribution in [3.05, 3.63) is 28.2 Å². The number of rotatable bonds is 7. The van der Waals surface area contributed by atoms with E-state index in [-0.39, 0.29) is 6.04 Å². The van der Waals surface area contributed by atoms with E-state index in [0.29, 0.717) is 13.2 Å². The average molecular weight is 302 g/mol. The van der Waals surface area contributed by atoms with E-state index in [4.69, 9.17) is 9.47 Å². The number of ether oxygens (including phenoxy) is 2. The Balaban J connectivity index is 2.79. The van der Waals surface area contributed by atoms with Gasteiger partial charge in [0, 0.05) is 23.2 Å². The van der Waals surface area contributed by atoms with Crippen LogP contribution in [0, 0.1) is 0 Å². The lowest BCUT2D eigenvalue weighted by Crippen LogP contribution is -2.19. The van der Waals surface area contributed by atoms with Gasteiger partial charge in [0.15, 0.2) is 0 Å². The van der Waals surface area contributed by atoms with E-state index in [1.54, 1.807) is 7.11 Å². The van der Waals surface area contributed by atoms with Gasteiger partial charge in [-0.15, -0.1) is 0 Å². The lowest BCUT2D eigenvalue weighted by molar-refractivity contribution is 0.145. The smallest absolute Gasteiger partial charge is 0.125 e. The van der Waals surface area contributed by atoms with E-state index < -0.39 is 0 Å². The molecule has 0 spiro atoms.